The summed E-state index contributed by atoms with van der Waals surface area (Å²) in [6.45, 7) is 2.56. The molecule has 0 bridgehead atoms. The maximum absolute atomic E-state index is 13.0. The number of ether oxygens (including phenoxy) is 1. The van der Waals surface area contributed by atoms with Gasteiger partial charge < -0.3 is 14.6 Å². The van der Waals surface area contributed by atoms with Crippen molar-refractivity contribution >= 4 is 5.91 Å². The second kappa shape index (κ2) is 9.91. The van der Waals surface area contributed by atoms with E-state index in [1.165, 1.54) is 34.9 Å². The lowest BCUT2D eigenvalue weighted by Crippen LogP contribution is -2.32. The van der Waals surface area contributed by atoms with E-state index in [1.807, 2.05) is 31.2 Å². The van der Waals surface area contributed by atoms with Crippen LogP contribution >= 0.6 is 0 Å². The molecule has 6 nitrogen and oxygen atoms in total. The lowest BCUT2D eigenvalue weighted by molar-refractivity contribution is 0.0948. The van der Waals surface area contributed by atoms with Gasteiger partial charge in [0, 0.05) is 25.0 Å². The minimum Gasteiger partial charge on any atom is -0.439 e. The van der Waals surface area contributed by atoms with Gasteiger partial charge in [-0.05, 0) is 60.5 Å². The van der Waals surface area contributed by atoms with Gasteiger partial charge in [0.05, 0.1) is 6.54 Å². The summed E-state index contributed by atoms with van der Waals surface area (Å²) >= 11 is 0. The number of nitrogens with zero attached hydrogens (tertiary/aromatic N) is 2. The summed E-state index contributed by atoms with van der Waals surface area (Å²) in [6.07, 6.45) is 3.22. The smallest absolute Gasteiger partial charge is 0.263 e. The van der Waals surface area contributed by atoms with Crippen LogP contribution in [-0.4, -0.2) is 15.5 Å². The first-order chi connectivity index (χ1) is 16.0. The Balaban J connectivity index is 1.43. The van der Waals surface area contributed by atoms with Gasteiger partial charge in [-0.3, -0.25) is 9.59 Å². The third-order valence-electron chi connectivity index (χ3n) is 4.99. The van der Waals surface area contributed by atoms with Gasteiger partial charge in [-0.15, -0.1) is 0 Å². The Bertz CT molecular complexity index is 1330. The van der Waals surface area contributed by atoms with E-state index >= 15 is 0 Å². The quantitative estimate of drug-likeness (QED) is 0.458. The van der Waals surface area contributed by atoms with E-state index in [2.05, 4.69) is 10.3 Å². The van der Waals surface area contributed by atoms with Gasteiger partial charge in [-0.2, -0.15) is 0 Å². The molecular weight excluding hydrogens is 421 g/mol. The van der Waals surface area contributed by atoms with Crippen LogP contribution in [0.25, 0.3) is 0 Å². The predicted octanol–water partition coefficient (Wildman–Crippen LogP) is 4.46. The molecular formula is C26H22FN3O3. The number of carbonyl (C=O) groups excluding carboxylic acids is 1. The fourth-order valence-electron chi connectivity index (χ4n) is 3.36. The number of benzene rings is 2. The van der Waals surface area contributed by atoms with Crippen molar-refractivity contribution in [2.75, 3.05) is 0 Å². The van der Waals surface area contributed by atoms with E-state index in [4.69, 9.17) is 4.74 Å². The molecule has 0 aliphatic heterocycles. The molecule has 0 aliphatic rings. The Hall–Kier alpha value is -4.26. The van der Waals surface area contributed by atoms with Gasteiger partial charge >= 0.3 is 0 Å². The van der Waals surface area contributed by atoms with Gasteiger partial charge in [0.2, 0.25) is 5.88 Å². The number of carbonyl (C=O) groups is 1. The first kappa shape index (κ1) is 22.0. The lowest BCUT2D eigenvalue weighted by Gasteiger charge is -2.10. The monoisotopic (exact) mass is 443 g/mol. The maximum atomic E-state index is 13.0. The number of pyridine rings is 2. The Morgan fingerprint density at radius 2 is 1.85 bits per heavy atom. The third kappa shape index (κ3) is 5.71. The number of aromatic nitrogens is 2. The number of rotatable bonds is 7. The van der Waals surface area contributed by atoms with Gasteiger partial charge in [-0.1, -0.05) is 29.8 Å². The van der Waals surface area contributed by atoms with Crippen LogP contribution in [-0.2, 0) is 13.1 Å². The average Bonchev–Trinajstić information content (AvgIpc) is 2.81. The topological polar surface area (TPSA) is 73.2 Å². The minimum atomic E-state index is -0.462. The summed E-state index contributed by atoms with van der Waals surface area (Å²) in [5.74, 6) is -0.0563. The highest BCUT2D eigenvalue weighted by Crippen LogP contribution is 2.20. The van der Waals surface area contributed by atoms with Crippen molar-refractivity contribution in [1.82, 2.24) is 14.9 Å². The number of hydrogen-bond donors (Lipinski definition) is 1. The number of halogens is 1. The number of hydrogen-bond acceptors (Lipinski definition) is 4. The molecule has 0 spiro atoms. The molecule has 0 radical (unpaired) electrons. The molecule has 4 aromatic rings. The molecule has 0 fully saturated rings. The number of amides is 1. The predicted molar refractivity (Wildman–Crippen MR) is 123 cm³/mol. The molecule has 2 aromatic carbocycles. The van der Waals surface area contributed by atoms with Crippen LogP contribution in [0.2, 0.25) is 0 Å². The Morgan fingerprint density at radius 1 is 1.03 bits per heavy atom. The van der Waals surface area contributed by atoms with E-state index < -0.39 is 5.91 Å². The molecule has 0 atom stereocenters. The van der Waals surface area contributed by atoms with Crippen molar-refractivity contribution in [3.05, 3.63) is 124 Å². The average molecular weight is 443 g/mol. The van der Waals surface area contributed by atoms with Gasteiger partial charge in [-0.25, -0.2) is 9.37 Å². The SMILES string of the molecule is Cc1cccc(Cn2cccc(C(=O)NCc3ccnc(Oc4ccc(F)cc4)c3)c2=O)c1. The van der Waals surface area contributed by atoms with Crippen LogP contribution in [0.5, 0.6) is 11.6 Å². The Kier molecular flexibility index (Phi) is 6.59. The number of aryl methyl sites for hydroxylation is 1. The van der Waals surface area contributed by atoms with Gasteiger partial charge in [0.15, 0.2) is 0 Å². The fraction of sp³-hybridized carbons (Fsp3) is 0.115. The van der Waals surface area contributed by atoms with E-state index in [-0.39, 0.29) is 23.5 Å². The third-order valence-corrected chi connectivity index (χ3v) is 4.99. The Labute approximate surface area is 190 Å². The molecule has 0 unspecified atom stereocenters. The molecule has 2 aromatic heterocycles. The van der Waals surface area contributed by atoms with Crippen LogP contribution in [0, 0.1) is 12.7 Å². The minimum absolute atomic E-state index is 0.0713. The Morgan fingerprint density at radius 3 is 2.64 bits per heavy atom. The molecule has 1 N–H and O–H groups in total. The molecule has 0 saturated carbocycles. The van der Waals surface area contributed by atoms with Crippen molar-refractivity contribution in [3.63, 3.8) is 0 Å². The summed E-state index contributed by atoms with van der Waals surface area (Å²) in [4.78, 5) is 29.7. The fourth-order valence-corrected chi connectivity index (χ4v) is 3.36. The number of nitrogens with one attached hydrogen (secondary N) is 1. The largest absolute Gasteiger partial charge is 0.439 e. The van der Waals surface area contributed by atoms with Crippen molar-refractivity contribution in [1.29, 1.82) is 0 Å². The first-order valence-electron chi connectivity index (χ1n) is 10.4. The normalized spacial score (nSPS) is 10.6. The molecule has 2 heterocycles. The summed E-state index contributed by atoms with van der Waals surface area (Å²) in [6, 6.07) is 20.1. The van der Waals surface area contributed by atoms with Gasteiger partial charge in [0.1, 0.15) is 17.1 Å². The van der Waals surface area contributed by atoms with E-state index in [9.17, 15) is 14.0 Å². The zero-order chi connectivity index (χ0) is 23.2. The van der Waals surface area contributed by atoms with E-state index in [0.717, 1.165) is 16.7 Å². The van der Waals surface area contributed by atoms with Crippen LogP contribution in [0.1, 0.15) is 27.0 Å². The van der Waals surface area contributed by atoms with E-state index in [1.54, 1.807) is 30.6 Å². The molecule has 4 rings (SSSR count). The molecule has 0 saturated heterocycles. The second-order valence-electron chi connectivity index (χ2n) is 7.58. The van der Waals surface area contributed by atoms with Gasteiger partial charge in [0.25, 0.3) is 11.5 Å². The summed E-state index contributed by atoms with van der Waals surface area (Å²) in [5, 5.41) is 2.77. The molecule has 7 heteroatoms. The van der Waals surface area contributed by atoms with E-state index in [0.29, 0.717) is 18.2 Å². The molecule has 1 amide bonds. The zero-order valence-electron chi connectivity index (χ0n) is 18.0. The van der Waals surface area contributed by atoms with Crippen molar-refractivity contribution in [2.24, 2.45) is 0 Å². The van der Waals surface area contributed by atoms with Crippen LogP contribution < -0.4 is 15.6 Å². The highest BCUT2D eigenvalue weighted by atomic mass is 19.1. The lowest BCUT2D eigenvalue weighted by atomic mass is 10.1. The van der Waals surface area contributed by atoms with Crippen molar-refractivity contribution in [2.45, 2.75) is 20.0 Å². The zero-order valence-corrected chi connectivity index (χ0v) is 18.0. The maximum Gasteiger partial charge on any atom is 0.263 e. The summed E-state index contributed by atoms with van der Waals surface area (Å²) in [7, 11) is 0. The summed E-state index contributed by atoms with van der Waals surface area (Å²) in [5.41, 5.74) is 2.55. The van der Waals surface area contributed by atoms with Crippen molar-refractivity contribution in [3.8, 4) is 11.6 Å². The van der Waals surface area contributed by atoms with Crippen LogP contribution in [0.4, 0.5) is 4.39 Å². The van der Waals surface area contributed by atoms with Crippen molar-refractivity contribution < 1.29 is 13.9 Å². The first-order valence-corrected chi connectivity index (χ1v) is 10.4. The highest BCUT2D eigenvalue weighted by Gasteiger charge is 2.12. The highest BCUT2D eigenvalue weighted by molar-refractivity contribution is 5.93. The van der Waals surface area contributed by atoms with Crippen LogP contribution in [0.3, 0.4) is 0 Å². The molecule has 33 heavy (non-hydrogen) atoms. The second-order valence-corrected chi connectivity index (χ2v) is 7.58. The van der Waals surface area contributed by atoms with Crippen LogP contribution in [0.15, 0.2) is 90.0 Å². The molecule has 0 aliphatic carbocycles. The molecule has 166 valence electrons. The standard InChI is InChI=1S/C26H22FN3O3/c1-18-4-2-5-20(14-18)17-30-13-3-6-23(26(30)32)25(31)29-16-19-11-12-28-24(15-19)33-22-9-7-21(27)8-10-22/h2-15H,16-17H2,1H3,(H,29,31). The summed E-state index contributed by atoms with van der Waals surface area (Å²) < 4.78 is 20.2.